The summed E-state index contributed by atoms with van der Waals surface area (Å²) in [5.41, 5.74) is 1.78. The predicted octanol–water partition coefficient (Wildman–Crippen LogP) is 5.54. The minimum absolute atomic E-state index is 0.00461. The SMILES string of the molecule is CCOc1cc(C2C(=C(O)c3ccc(OC)cc3)C(=O)C(=O)N2Cc2cccnc2)ccc1OCCC(C)C. The van der Waals surface area contributed by atoms with Gasteiger partial charge in [-0.25, -0.2) is 0 Å². The number of amides is 1. The van der Waals surface area contributed by atoms with E-state index in [1.165, 1.54) is 4.90 Å². The zero-order valence-electron chi connectivity index (χ0n) is 22.7. The van der Waals surface area contributed by atoms with Crippen LogP contribution in [0, 0.1) is 5.92 Å². The molecule has 3 aromatic rings. The molecule has 0 bridgehead atoms. The lowest BCUT2D eigenvalue weighted by Gasteiger charge is -2.26. The van der Waals surface area contributed by atoms with Crippen LogP contribution in [0.25, 0.3) is 5.76 Å². The molecule has 39 heavy (non-hydrogen) atoms. The molecule has 1 N–H and O–H groups in total. The van der Waals surface area contributed by atoms with Crippen LogP contribution in [0.4, 0.5) is 0 Å². The van der Waals surface area contributed by atoms with Gasteiger partial charge in [0.2, 0.25) is 0 Å². The number of nitrogens with zero attached hydrogens (tertiary/aromatic N) is 2. The van der Waals surface area contributed by atoms with Crippen molar-refractivity contribution in [3.8, 4) is 17.2 Å². The summed E-state index contributed by atoms with van der Waals surface area (Å²) in [6.45, 7) is 7.22. The van der Waals surface area contributed by atoms with Crippen molar-refractivity contribution in [2.75, 3.05) is 20.3 Å². The van der Waals surface area contributed by atoms with Crippen LogP contribution in [0.3, 0.4) is 0 Å². The molecule has 8 nitrogen and oxygen atoms in total. The van der Waals surface area contributed by atoms with Gasteiger partial charge in [-0.05, 0) is 72.9 Å². The molecule has 1 aliphatic heterocycles. The second-order valence-corrected chi connectivity index (χ2v) is 9.69. The Labute approximate surface area is 228 Å². The van der Waals surface area contributed by atoms with Crippen molar-refractivity contribution >= 4 is 17.4 Å². The van der Waals surface area contributed by atoms with Crippen LogP contribution < -0.4 is 14.2 Å². The third-order valence-corrected chi connectivity index (χ3v) is 6.52. The average molecular weight is 531 g/mol. The van der Waals surface area contributed by atoms with Crippen LogP contribution in [-0.2, 0) is 16.1 Å². The van der Waals surface area contributed by atoms with Crippen molar-refractivity contribution < 1.29 is 28.9 Å². The summed E-state index contributed by atoms with van der Waals surface area (Å²) < 4.78 is 17.1. The monoisotopic (exact) mass is 530 g/mol. The second-order valence-electron chi connectivity index (χ2n) is 9.69. The van der Waals surface area contributed by atoms with Gasteiger partial charge in [-0.2, -0.15) is 0 Å². The van der Waals surface area contributed by atoms with Gasteiger partial charge in [0.05, 0.1) is 31.9 Å². The molecule has 2 heterocycles. The highest BCUT2D eigenvalue weighted by Crippen LogP contribution is 2.43. The number of carbonyl (C=O) groups is 2. The molecule has 1 atom stereocenters. The standard InChI is InChI=1S/C31H34N2O6/c1-5-38-26-17-23(10-13-25(26)39-16-14-20(2)3)28-27(29(34)22-8-11-24(37-4)12-9-22)30(35)31(36)33(28)19-21-7-6-15-32-18-21/h6-13,15,17-18,20,28,34H,5,14,16,19H2,1-4H3. The minimum atomic E-state index is -0.851. The first kappa shape index (κ1) is 27.7. The summed E-state index contributed by atoms with van der Waals surface area (Å²) in [4.78, 5) is 32.4. The summed E-state index contributed by atoms with van der Waals surface area (Å²) in [5.74, 6) is 0.474. The molecule has 0 spiro atoms. The molecule has 0 saturated carbocycles. The van der Waals surface area contributed by atoms with Crippen molar-refractivity contribution in [1.29, 1.82) is 0 Å². The van der Waals surface area contributed by atoms with Gasteiger partial charge in [0.25, 0.3) is 11.7 Å². The first-order valence-corrected chi connectivity index (χ1v) is 13.0. The molecule has 1 amide bonds. The number of aliphatic hydroxyl groups excluding tert-OH is 1. The summed E-state index contributed by atoms with van der Waals surface area (Å²) in [6.07, 6.45) is 4.18. The minimum Gasteiger partial charge on any atom is -0.507 e. The van der Waals surface area contributed by atoms with E-state index in [-0.39, 0.29) is 17.9 Å². The van der Waals surface area contributed by atoms with Crippen LogP contribution in [0.1, 0.15) is 49.9 Å². The predicted molar refractivity (Wildman–Crippen MR) is 148 cm³/mol. The van der Waals surface area contributed by atoms with E-state index in [9.17, 15) is 14.7 Å². The Balaban J connectivity index is 1.81. The number of hydrogen-bond donors (Lipinski definition) is 1. The number of Topliss-reactive ketones (excluding diaryl/α,β-unsaturated/α-hetero) is 1. The molecule has 2 aromatic carbocycles. The van der Waals surface area contributed by atoms with Crippen LogP contribution in [0.5, 0.6) is 17.2 Å². The zero-order chi connectivity index (χ0) is 27.9. The maximum absolute atomic E-state index is 13.4. The molecule has 1 unspecified atom stereocenters. The Morgan fingerprint density at radius 1 is 1.05 bits per heavy atom. The number of carbonyl (C=O) groups excluding carboxylic acids is 2. The number of aliphatic hydroxyl groups is 1. The molecule has 1 fully saturated rings. The summed E-state index contributed by atoms with van der Waals surface area (Å²) in [6, 6.07) is 14.8. The number of pyridine rings is 1. The summed E-state index contributed by atoms with van der Waals surface area (Å²) in [5, 5.41) is 11.4. The van der Waals surface area contributed by atoms with Gasteiger partial charge in [-0.3, -0.25) is 14.6 Å². The van der Waals surface area contributed by atoms with Crippen molar-refractivity contribution in [1.82, 2.24) is 9.88 Å². The van der Waals surface area contributed by atoms with E-state index in [1.807, 2.05) is 13.0 Å². The van der Waals surface area contributed by atoms with Crippen LogP contribution in [-0.4, -0.2) is 47.0 Å². The highest BCUT2D eigenvalue weighted by molar-refractivity contribution is 6.46. The number of ketones is 1. The van der Waals surface area contributed by atoms with Crippen LogP contribution in [0.15, 0.2) is 72.6 Å². The van der Waals surface area contributed by atoms with E-state index in [4.69, 9.17) is 14.2 Å². The Hall–Kier alpha value is -4.33. The molecule has 204 valence electrons. The lowest BCUT2D eigenvalue weighted by Crippen LogP contribution is -2.29. The van der Waals surface area contributed by atoms with Gasteiger partial charge in [0.1, 0.15) is 11.5 Å². The van der Waals surface area contributed by atoms with Gasteiger partial charge in [0, 0.05) is 24.5 Å². The third-order valence-electron chi connectivity index (χ3n) is 6.52. The number of ether oxygens (including phenoxy) is 3. The second kappa shape index (κ2) is 12.5. The van der Waals surface area contributed by atoms with Gasteiger partial charge in [-0.1, -0.05) is 26.0 Å². The third kappa shape index (κ3) is 6.22. The summed E-state index contributed by atoms with van der Waals surface area (Å²) >= 11 is 0. The largest absolute Gasteiger partial charge is 0.507 e. The maximum atomic E-state index is 13.4. The number of rotatable bonds is 11. The van der Waals surface area contributed by atoms with E-state index in [0.717, 1.165) is 12.0 Å². The molecule has 1 saturated heterocycles. The van der Waals surface area contributed by atoms with E-state index in [0.29, 0.717) is 47.5 Å². The first-order valence-electron chi connectivity index (χ1n) is 13.0. The highest BCUT2D eigenvalue weighted by Gasteiger charge is 2.46. The fourth-order valence-electron chi connectivity index (χ4n) is 4.47. The van der Waals surface area contributed by atoms with E-state index < -0.39 is 17.7 Å². The Bertz CT molecular complexity index is 1330. The highest BCUT2D eigenvalue weighted by atomic mass is 16.5. The lowest BCUT2D eigenvalue weighted by molar-refractivity contribution is -0.140. The maximum Gasteiger partial charge on any atom is 0.295 e. The molecule has 4 rings (SSSR count). The molecule has 1 aromatic heterocycles. The molecule has 1 aliphatic rings. The van der Waals surface area contributed by atoms with Crippen molar-refractivity contribution in [3.63, 3.8) is 0 Å². The number of methoxy groups -OCH3 is 1. The fourth-order valence-corrected chi connectivity index (χ4v) is 4.47. The lowest BCUT2D eigenvalue weighted by atomic mass is 9.94. The molecular weight excluding hydrogens is 496 g/mol. The topological polar surface area (TPSA) is 98.2 Å². The number of aromatic nitrogens is 1. The molecule has 8 heteroatoms. The van der Waals surface area contributed by atoms with Crippen LogP contribution >= 0.6 is 0 Å². The Morgan fingerprint density at radius 2 is 1.82 bits per heavy atom. The first-order chi connectivity index (χ1) is 18.8. The van der Waals surface area contributed by atoms with Gasteiger partial charge < -0.3 is 24.2 Å². The smallest absolute Gasteiger partial charge is 0.295 e. The summed E-state index contributed by atoms with van der Waals surface area (Å²) in [7, 11) is 1.55. The molecule has 0 radical (unpaired) electrons. The van der Waals surface area contributed by atoms with Crippen molar-refractivity contribution in [3.05, 3.63) is 89.3 Å². The van der Waals surface area contributed by atoms with Crippen molar-refractivity contribution in [2.24, 2.45) is 5.92 Å². The zero-order valence-corrected chi connectivity index (χ0v) is 22.7. The Morgan fingerprint density at radius 3 is 2.46 bits per heavy atom. The quantitative estimate of drug-likeness (QED) is 0.198. The number of likely N-dealkylation sites (tertiary alicyclic amines) is 1. The van der Waals surface area contributed by atoms with E-state index >= 15 is 0 Å². The van der Waals surface area contributed by atoms with E-state index in [1.54, 1.807) is 68.0 Å². The molecule has 0 aliphatic carbocycles. The fraction of sp³-hybridized carbons (Fsp3) is 0.323. The van der Waals surface area contributed by atoms with Crippen LogP contribution in [0.2, 0.25) is 0 Å². The van der Waals surface area contributed by atoms with Gasteiger partial charge in [0.15, 0.2) is 11.5 Å². The number of benzene rings is 2. The molecular formula is C31H34N2O6. The van der Waals surface area contributed by atoms with Gasteiger partial charge in [-0.15, -0.1) is 0 Å². The van der Waals surface area contributed by atoms with E-state index in [2.05, 4.69) is 18.8 Å². The van der Waals surface area contributed by atoms with Crippen molar-refractivity contribution in [2.45, 2.75) is 39.8 Å². The number of hydrogen-bond acceptors (Lipinski definition) is 7. The van der Waals surface area contributed by atoms with Gasteiger partial charge >= 0.3 is 0 Å². The Kier molecular flexibility index (Phi) is 8.86. The normalized spacial score (nSPS) is 16.5. The average Bonchev–Trinajstić information content (AvgIpc) is 3.19.